The zero-order chi connectivity index (χ0) is 12.3. The molecule has 0 aliphatic rings. The summed E-state index contributed by atoms with van der Waals surface area (Å²) in [7, 11) is 0. The molecule has 1 heterocycles. The van der Waals surface area contributed by atoms with Crippen molar-refractivity contribution >= 4 is 43.2 Å². The highest BCUT2D eigenvalue weighted by molar-refractivity contribution is 9.11. The molecule has 1 nitrogen and oxygen atoms in total. The zero-order valence-electron chi connectivity index (χ0n) is 9.32. The highest BCUT2D eigenvalue weighted by Gasteiger charge is 2.14. The highest BCUT2D eigenvalue weighted by Crippen LogP contribution is 2.38. The van der Waals surface area contributed by atoms with Crippen LogP contribution in [0.3, 0.4) is 0 Å². The standard InChI is InChI=1S/C13H12Br2OS/c1-2-16-9-5-6-10(11(14)8-9)13(15)12-4-3-7-17-12/h3-8,13H,2H2,1H3. The molecule has 1 unspecified atom stereocenters. The van der Waals surface area contributed by atoms with E-state index >= 15 is 0 Å². The van der Waals surface area contributed by atoms with E-state index < -0.39 is 0 Å². The topological polar surface area (TPSA) is 9.23 Å². The summed E-state index contributed by atoms with van der Waals surface area (Å²) in [6.45, 7) is 2.68. The molecule has 0 aliphatic carbocycles. The van der Waals surface area contributed by atoms with Crippen LogP contribution in [0, 0.1) is 0 Å². The van der Waals surface area contributed by atoms with Crippen molar-refractivity contribution in [2.75, 3.05) is 6.61 Å². The van der Waals surface area contributed by atoms with E-state index in [4.69, 9.17) is 4.74 Å². The van der Waals surface area contributed by atoms with Crippen LogP contribution in [-0.4, -0.2) is 6.61 Å². The summed E-state index contributed by atoms with van der Waals surface area (Å²) in [5, 5.41) is 2.09. The van der Waals surface area contributed by atoms with Crippen molar-refractivity contribution < 1.29 is 4.74 Å². The fourth-order valence-corrected chi connectivity index (χ4v) is 4.05. The summed E-state index contributed by atoms with van der Waals surface area (Å²) >= 11 is 9.08. The van der Waals surface area contributed by atoms with E-state index in [1.807, 2.05) is 19.1 Å². The number of hydrogen-bond acceptors (Lipinski definition) is 2. The molecule has 1 atom stereocenters. The monoisotopic (exact) mass is 374 g/mol. The maximum atomic E-state index is 5.47. The molecule has 0 N–H and O–H groups in total. The van der Waals surface area contributed by atoms with Crippen molar-refractivity contribution in [1.29, 1.82) is 0 Å². The van der Waals surface area contributed by atoms with Crippen LogP contribution in [0.15, 0.2) is 40.2 Å². The van der Waals surface area contributed by atoms with Gasteiger partial charge in [0.1, 0.15) is 5.75 Å². The summed E-state index contributed by atoms with van der Waals surface area (Å²) < 4.78 is 6.54. The first-order chi connectivity index (χ1) is 8.22. The fourth-order valence-electron chi connectivity index (χ4n) is 1.56. The molecule has 2 aromatic rings. The maximum Gasteiger partial charge on any atom is 0.120 e. The molecule has 90 valence electrons. The number of halogens is 2. The number of rotatable bonds is 4. The van der Waals surface area contributed by atoms with E-state index in [-0.39, 0.29) is 4.83 Å². The second kappa shape index (κ2) is 6.03. The summed E-state index contributed by atoms with van der Waals surface area (Å²) in [5.74, 6) is 0.897. The highest BCUT2D eigenvalue weighted by atomic mass is 79.9. The Balaban J connectivity index is 2.27. The maximum absolute atomic E-state index is 5.47. The molecule has 1 aromatic heterocycles. The third-order valence-corrected chi connectivity index (χ3v) is 5.26. The summed E-state index contributed by atoms with van der Waals surface area (Å²) in [5.41, 5.74) is 1.22. The molecule has 0 amide bonds. The Kier molecular flexibility index (Phi) is 4.65. The molecule has 2 rings (SSSR count). The van der Waals surface area contributed by atoms with Gasteiger partial charge >= 0.3 is 0 Å². The average molecular weight is 376 g/mol. The SMILES string of the molecule is CCOc1ccc(C(Br)c2cccs2)c(Br)c1. The van der Waals surface area contributed by atoms with Gasteiger partial charge in [0.05, 0.1) is 11.4 Å². The first kappa shape index (κ1) is 13.1. The molecular formula is C13H12Br2OS. The van der Waals surface area contributed by atoms with Gasteiger partial charge in [-0.2, -0.15) is 0 Å². The Bertz CT molecular complexity index is 482. The molecule has 1 aromatic carbocycles. The zero-order valence-corrected chi connectivity index (χ0v) is 13.3. The molecular weight excluding hydrogens is 364 g/mol. The smallest absolute Gasteiger partial charge is 0.120 e. The predicted octanol–water partition coefficient (Wildman–Crippen LogP) is 5.39. The molecule has 0 saturated heterocycles. The van der Waals surface area contributed by atoms with Gasteiger partial charge in [-0.15, -0.1) is 11.3 Å². The van der Waals surface area contributed by atoms with Gasteiger partial charge < -0.3 is 4.74 Å². The van der Waals surface area contributed by atoms with Gasteiger partial charge in [0.25, 0.3) is 0 Å². The van der Waals surface area contributed by atoms with E-state index in [2.05, 4.69) is 55.4 Å². The van der Waals surface area contributed by atoms with Crippen LogP contribution in [0.5, 0.6) is 5.75 Å². The summed E-state index contributed by atoms with van der Waals surface area (Å²) in [6, 6.07) is 10.3. The Hall–Kier alpha value is -0.320. The van der Waals surface area contributed by atoms with Crippen LogP contribution in [-0.2, 0) is 0 Å². The van der Waals surface area contributed by atoms with Gasteiger partial charge in [0.2, 0.25) is 0 Å². The van der Waals surface area contributed by atoms with Crippen molar-refractivity contribution in [1.82, 2.24) is 0 Å². The van der Waals surface area contributed by atoms with E-state index in [9.17, 15) is 0 Å². The van der Waals surface area contributed by atoms with Crippen molar-refractivity contribution in [3.05, 3.63) is 50.6 Å². The minimum Gasteiger partial charge on any atom is -0.494 e. The van der Waals surface area contributed by atoms with Crippen molar-refractivity contribution in [2.24, 2.45) is 0 Å². The number of benzene rings is 1. The van der Waals surface area contributed by atoms with Gasteiger partial charge in [-0.25, -0.2) is 0 Å². The fraction of sp³-hybridized carbons (Fsp3) is 0.231. The van der Waals surface area contributed by atoms with Crippen molar-refractivity contribution in [3.8, 4) is 5.75 Å². The first-order valence-electron chi connectivity index (χ1n) is 5.32. The number of ether oxygens (including phenoxy) is 1. The number of alkyl halides is 1. The molecule has 0 saturated carbocycles. The number of hydrogen-bond donors (Lipinski definition) is 0. The first-order valence-corrected chi connectivity index (χ1v) is 7.91. The van der Waals surface area contributed by atoms with Crippen molar-refractivity contribution in [3.63, 3.8) is 0 Å². The van der Waals surface area contributed by atoms with Crippen LogP contribution in [0.2, 0.25) is 0 Å². The summed E-state index contributed by atoms with van der Waals surface area (Å²) in [6.07, 6.45) is 0. The third kappa shape index (κ3) is 3.12. The lowest BCUT2D eigenvalue weighted by Crippen LogP contribution is -1.95. The third-order valence-electron chi connectivity index (χ3n) is 2.35. The van der Waals surface area contributed by atoms with Gasteiger partial charge in [-0.3, -0.25) is 0 Å². The minimum absolute atomic E-state index is 0.229. The second-order valence-electron chi connectivity index (χ2n) is 3.49. The predicted molar refractivity (Wildman–Crippen MR) is 80.4 cm³/mol. The normalized spacial score (nSPS) is 12.4. The lowest BCUT2D eigenvalue weighted by molar-refractivity contribution is 0.340. The second-order valence-corrected chi connectivity index (χ2v) is 6.24. The largest absolute Gasteiger partial charge is 0.494 e. The molecule has 0 bridgehead atoms. The van der Waals surface area contributed by atoms with Gasteiger partial charge in [-0.1, -0.05) is 44.0 Å². The Labute approximate surface area is 122 Å². The van der Waals surface area contributed by atoms with Crippen LogP contribution in [0.25, 0.3) is 0 Å². The minimum atomic E-state index is 0.229. The van der Waals surface area contributed by atoms with Crippen molar-refractivity contribution in [2.45, 2.75) is 11.8 Å². The van der Waals surface area contributed by atoms with Crippen LogP contribution >= 0.6 is 43.2 Å². The Morgan fingerprint density at radius 1 is 1.35 bits per heavy atom. The molecule has 0 spiro atoms. The van der Waals surface area contributed by atoms with Crippen LogP contribution in [0.4, 0.5) is 0 Å². The van der Waals surface area contributed by atoms with E-state index in [0.717, 1.165) is 10.2 Å². The average Bonchev–Trinajstić information content (AvgIpc) is 2.82. The van der Waals surface area contributed by atoms with Crippen LogP contribution in [0.1, 0.15) is 22.2 Å². The van der Waals surface area contributed by atoms with Crippen LogP contribution < -0.4 is 4.74 Å². The Morgan fingerprint density at radius 3 is 2.76 bits per heavy atom. The molecule has 17 heavy (non-hydrogen) atoms. The molecule has 0 fully saturated rings. The van der Waals surface area contributed by atoms with E-state index in [1.54, 1.807) is 11.3 Å². The van der Waals surface area contributed by atoms with E-state index in [1.165, 1.54) is 10.4 Å². The quantitative estimate of drug-likeness (QED) is 0.650. The van der Waals surface area contributed by atoms with Gasteiger partial charge in [0.15, 0.2) is 0 Å². The molecule has 4 heteroatoms. The number of thiophene rings is 1. The van der Waals surface area contributed by atoms with Gasteiger partial charge in [0, 0.05) is 9.35 Å². The lowest BCUT2D eigenvalue weighted by atomic mass is 10.1. The lowest BCUT2D eigenvalue weighted by Gasteiger charge is -2.12. The Morgan fingerprint density at radius 2 is 2.18 bits per heavy atom. The van der Waals surface area contributed by atoms with E-state index in [0.29, 0.717) is 6.61 Å². The summed E-state index contributed by atoms with van der Waals surface area (Å²) in [4.78, 5) is 1.53. The molecule has 0 aliphatic heterocycles. The van der Waals surface area contributed by atoms with Gasteiger partial charge in [-0.05, 0) is 36.1 Å². The molecule has 0 radical (unpaired) electrons.